The maximum Gasteiger partial charge on any atom is 0.311 e. The number of rotatable bonds is 4. The van der Waals surface area contributed by atoms with Crippen LogP contribution >= 0.6 is 0 Å². The van der Waals surface area contributed by atoms with Gasteiger partial charge in [0, 0.05) is 5.57 Å². The number of hydrogen-bond donors (Lipinski definition) is 1. The number of nitriles is 1. The summed E-state index contributed by atoms with van der Waals surface area (Å²) in [4.78, 5) is 10.6. The second kappa shape index (κ2) is 5.45. The third-order valence-corrected chi connectivity index (χ3v) is 0.870. The number of carbonyl (C=O) groups excluding carboxylic acids is 1. The van der Waals surface area contributed by atoms with Crippen molar-refractivity contribution in [1.82, 2.24) is 0 Å². The molecule has 0 rings (SSSR count). The maximum absolute atomic E-state index is 10.6. The highest BCUT2D eigenvalue weighted by atomic mass is 16.5. The first-order valence-corrected chi connectivity index (χ1v) is 3.05. The molecule has 0 aliphatic heterocycles. The molecule has 0 bridgehead atoms. The molecule has 60 valence electrons. The summed E-state index contributed by atoms with van der Waals surface area (Å²) >= 11 is 0. The number of ether oxygens (including phenoxy) is 1. The van der Waals surface area contributed by atoms with Crippen molar-refractivity contribution in [3.05, 3.63) is 12.2 Å². The van der Waals surface area contributed by atoms with E-state index in [-0.39, 0.29) is 25.2 Å². The van der Waals surface area contributed by atoms with Gasteiger partial charge in [0.15, 0.2) is 0 Å². The first-order chi connectivity index (χ1) is 5.20. The lowest BCUT2D eigenvalue weighted by Gasteiger charge is -1.99. The lowest BCUT2D eigenvalue weighted by atomic mass is 10.2. The van der Waals surface area contributed by atoms with Crippen molar-refractivity contribution in [2.75, 3.05) is 13.2 Å². The van der Waals surface area contributed by atoms with E-state index in [1.807, 2.05) is 0 Å². The number of esters is 1. The Hall–Kier alpha value is -1.34. The topological polar surface area (TPSA) is 70.3 Å². The number of aliphatic hydroxyl groups is 1. The molecular formula is C7H9NO3. The van der Waals surface area contributed by atoms with Crippen molar-refractivity contribution < 1.29 is 14.6 Å². The van der Waals surface area contributed by atoms with E-state index in [2.05, 4.69) is 11.3 Å². The maximum atomic E-state index is 10.6. The van der Waals surface area contributed by atoms with Crippen LogP contribution in [0.25, 0.3) is 0 Å². The lowest BCUT2D eigenvalue weighted by molar-refractivity contribution is -0.143. The van der Waals surface area contributed by atoms with E-state index < -0.39 is 5.97 Å². The van der Waals surface area contributed by atoms with Crippen molar-refractivity contribution in [3.63, 3.8) is 0 Å². The Morgan fingerprint density at radius 3 is 2.82 bits per heavy atom. The van der Waals surface area contributed by atoms with E-state index in [4.69, 9.17) is 10.4 Å². The minimum Gasteiger partial charge on any atom is -0.463 e. The SMILES string of the molecule is C=C(C#N)CC(=O)OCCO. The van der Waals surface area contributed by atoms with Gasteiger partial charge in [0.25, 0.3) is 0 Å². The van der Waals surface area contributed by atoms with Crippen LogP contribution in [0.15, 0.2) is 12.2 Å². The molecule has 0 radical (unpaired) electrons. The molecule has 0 aliphatic carbocycles. The van der Waals surface area contributed by atoms with E-state index >= 15 is 0 Å². The molecule has 0 amide bonds. The zero-order valence-electron chi connectivity index (χ0n) is 6.04. The van der Waals surface area contributed by atoms with Crippen LogP contribution in [0.4, 0.5) is 0 Å². The van der Waals surface area contributed by atoms with Gasteiger partial charge < -0.3 is 9.84 Å². The molecular weight excluding hydrogens is 146 g/mol. The van der Waals surface area contributed by atoms with Crippen molar-refractivity contribution >= 4 is 5.97 Å². The fourth-order valence-corrected chi connectivity index (χ4v) is 0.424. The zero-order valence-corrected chi connectivity index (χ0v) is 6.04. The van der Waals surface area contributed by atoms with Crippen LogP contribution in [0.2, 0.25) is 0 Å². The van der Waals surface area contributed by atoms with Gasteiger partial charge in [-0.15, -0.1) is 0 Å². The fraction of sp³-hybridized carbons (Fsp3) is 0.429. The molecule has 0 aromatic heterocycles. The smallest absolute Gasteiger partial charge is 0.311 e. The average molecular weight is 155 g/mol. The van der Waals surface area contributed by atoms with E-state index in [0.29, 0.717) is 0 Å². The standard InChI is InChI=1S/C7H9NO3/c1-6(5-8)4-7(10)11-3-2-9/h9H,1-4H2. The summed E-state index contributed by atoms with van der Waals surface area (Å²) in [7, 11) is 0. The Kier molecular flexibility index (Phi) is 4.78. The highest BCUT2D eigenvalue weighted by Crippen LogP contribution is 1.96. The molecule has 11 heavy (non-hydrogen) atoms. The molecule has 0 saturated heterocycles. The van der Waals surface area contributed by atoms with Crippen molar-refractivity contribution in [1.29, 1.82) is 5.26 Å². The molecule has 4 nitrogen and oxygen atoms in total. The molecule has 0 aromatic carbocycles. The summed E-state index contributed by atoms with van der Waals surface area (Å²) in [5.74, 6) is -0.536. The average Bonchev–Trinajstić information content (AvgIpc) is 2.00. The van der Waals surface area contributed by atoms with Gasteiger partial charge in [-0.1, -0.05) is 6.58 Å². The van der Waals surface area contributed by atoms with Gasteiger partial charge in [-0.3, -0.25) is 4.79 Å². The zero-order chi connectivity index (χ0) is 8.69. The summed E-state index contributed by atoms with van der Waals surface area (Å²) in [6, 6.07) is 1.71. The van der Waals surface area contributed by atoms with Crippen LogP contribution in [-0.4, -0.2) is 24.3 Å². The molecule has 0 heterocycles. The third-order valence-electron chi connectivity index (χ3n) is 0.870. The number of carbonyl (C=O) groups is 1. The van der Waals surface area contributed by atoms with Gasteiger partial charge in [0.2, 0.25) is 0 Å². The van der Waals surface area contributed by atoms with Gasteiger partial charge >= 0.3 is 5.97 Å². The second-order valence-electron chi connectivity index (χ2n) is 1.84. The number of nitrogens with zero attached hydrogens (tertiary/aromatic N) is 1. The Bertz CT molecular complexity index is 192. The quantitative estimate of drug-likeness (QED) is 0.458. The Morgan fingerprint density at radius 1 is 1.73 bits per heavy atom. The van der Waals surface area contributed by atoms with E-state index in [9.17, 15) is 4.79 Å². The lowest BCUT2D eigenvalue weighted by Crippen LogP contribution is -2.08. The Labute approximate surface area is 64.7 Å². The molecule has 0 saturated carbocycles. The normalized spacial score (nSPS) is 8.36. The number of aliphatic hydroxyl groups excluding tert-OH is 1. The first kappa shape index (κ1) is 9.66. The Morgan fingerprint density at radius 2 is 2.36 bits per heavy atom. The van der Waals surface area contributed by atoms with Crippen LogP contribution in [0.5, 0.6) is 0 Å². The minimum absolute atomic E-state index is 0.0302. The van der Waals surface area contributed by atoms with Gasteiger partial charge in [-0.05, 0) is 0 Å². The Balaban J connectivity index is 3.54. The fourth-order valence-electron chi connectivity index (χ4n) is 0.424. The van der Waals surface area contributed by atoms with Gasteiger partial charge in [0.1, 0.15) is 6.61 Å². The van der Waals surface area contributed by atoms with Crippen LogP contribution in [-0.2, 0) is 9.53 Å². The molecule has 0 aromatic rings. The first-order valence-electron chi connectivity index (χ1n) is 3.05. The van der Waals surface area contributed by atoms with Crippen LogP contribution in [0, 0.1) is 11.3 Å². The molecule has 4 heteroatoms. The third kappa shape index (κ3) is 5.12. The van der Waals surface area contributed by atoms with Crippen LogP contribution in [0.1, 0.15) is 6.42 Å². The highest BCUT2D eigenvalue weighted by Gasteiger charge is 2.03. The van der Waals surface area contributed by atoms with E-state index in [0.717, 1.165) is 0 Å². The summed E-state index contributed by atoms with van der Waals surface area (Å²) < 4.78 is 4.46. The summed E-state index contributed by atoms with van der Waals surface area (Å²) in [6.07, 6.45) is -0.101. The van der Waals surface area contributed by atoms with Crippen molar-refractivity contribution in [2.45, 2.75) is 6.42 Å². The van der Waals surface area contributed by atoms with E-state index in [1.54, 1.807) is 6.07 Å². The van der Waals surface area contributed by atoms with Gasteiger partial charge in [-0.2, -0.15) is 5.26 Å². The van der Waals surface area contributed by atoms with E-state index in [1.165, 1.54) is 0 Å². The molecule has 1 N–H and O–H groups in total. The largest absolute Gasteiger partial charge is 0.463 e. The van der Waals surface area contributed by atoms with Crippen molar-refractivity contribution in [3.8, 4) is 6.07 Å². The van der Waals surface area contributed by atoms with Crippen molar-refractivity contribution in [2.24, 2.45) is 0 Å². The summed E-state index contributed by atoms with van der Waals surface area (Å²) in [5.41, 5.74) is 0.160. The summed E-state index contributed by atoms with van der Waals surface area (Å²) in [5, 5.41) is 16.4. The van der Waals surface area contributed by atoms with Crippen LogP contribution in [0.3, 0.4) is 0 Å². The monoisotopic (exact) mass is 155 g/mol. The summed E-state index contributed by atoms with van der Waals surface area (Å²) in [6.45, 7) is 3.06. The highest BCUT2D eigenvalue weighted by molar-refractivity contribution is 5.73. The molecule has 0 aliphatic rings. The minimum atomic E-state index is -0.536. The van der Waals surface area contributed by atoms with Crippen LogP contribution < -0.4 is 0 Å². The molecule has 0 fully saturated rings. The van der Waals surface area contributed by atoms with Gasteiger partial charge in [0.05, 0.1) is 19.1 Å². The second-order valence-corrected chi connectivity index (χ2v) is 1.84. The molecule has 0 unspecified atom stereocenters. The number of hydrogen-bond acceptors (Lipinski definition) is 4. The van der Waals surface area contributed by atoms with Gasteiger partial charge in [-0.25, -0.2) is 0 Å². The molecule has 0 atom stereocenters. The molecule has 0 spiro atoms. The predicted molar refractivity (Wildman–Crippen MR) is 37.4 cm³/mol. The predicted octanol–water partition coefficient (Wildman–Crippen LogP) is -0.00822.